The van der Waals surface area contributed by atoms with E-state index in [1.807, 2.05) is 5.32 Å². The Labute approximate surface area is 151 Å². The number of carboxylic acids is 1. The summed E-state index contributed by atoms with van der Waals surface area (Å²) in [5, 5.41) is 11.2. The maximum atomic E-state index is 12.5. The van der Waals surface area contributed by atoms with Crippen molar-refractivity contribution < 1.29 is 32.7 Å². The number of amides is 2. The molecule has 26 heavy (non-hydrogen) atoms. The lowest BCUT2D eigenvalue weighted by Crippen LogP contribution is -2.46. The van der Waals surface area contributed by atoms with E-state index >= 15 is 0 Å². The zero-order valence-corrected chi connectivity index (χ0v) is 14.3. The van der Waals surface area contributed by atoms with Crippen molar-refractivity contribution in [2.24, 2.45) is 5.92 Å². The van der Waals surface area contributed by atoms with Crippen molar-refractivity contribution in [2.75, 3.05) is 7.05 Å². The predicted molar refractivity (Wildman–Crippen MR) is 85.3 cm³/mol. The van der Waals surface area contributed by atoms with Gasteiger partial charge in [0.05, 0.1) is 18.4 Å². The lowest BCUT2D eigenvalue weighted by Gasteiger charge is -2.26. The minimum Gasteiger partial charge on any atom is -0.480 e. The molecule has 142 valence electrons. The fraction of sp³-hybridized carbons (Fsp3) is 0.438. The average molecular weight is 393 g/mol. The van der Waals surface area contributed by atoms with Crippen LogP contribution in [0.25, 0.3) is 0 Å². The highest BCUT2D eigenvalue weighted by molar-refractivity contribution is 6.30. The van der Waals surface area contributed by atoms with Gasteiger partial charge >= 0.3 is 12.1 Å². The predicted octanol–water partition coefficient (Wildman–Crippen LogP) is 2.38. The number of benzene rings is 1. The smallest absolute Gasteiger partial charge is 0.391 e. The van der Waals surface area contributed by atoms with Gasteiger partial charge in [-0.2, -0.15) is 13.2 Å². The molecule has 0 aliphatic carbocycles. The van der Waals surface area contributed by atoms with Gasteiger partial charge in [-0.25, -0.2) is 4.79 Å². The van der Waals surface area contributed by atoms with Crippen LogP contribution < -0.4 is 5.32 Å². The third-order valence-corrected chi connectivity index (χ3v) is 4.40. The number of likely N-dealkylation sites (tertiary alicyclic amines) is 1. The molecule has 2 amide bonds. The number of halogens is 4. The van der Waals surface area contributed by atoms with Crippen LogP contribution in [0.5, 0.6) is 0 Å². The highest BCUT2D eigenvalue weighted by atomic mass is 35.5. The first-order valence-electron chi connectivity index (χ1n) is 7.60. The van der Waals surface area contributed by atoms with Crippen LogP contribution in [0.15, 0.2) is 24.3 Å². The Morgan fingerprint density at radius 2 is 2.08 bits per heavy atom. The van der Waals surface area contributed by atoms with E-state index < -0.39 is 42.5 Å². The highest BCUT2D eigenvalue weighted by Gasteiger charge is 2.44. The van der Waals surface area contributed by atoms with E-state index in [0.717, 1.165) is 0 Å². The summed E-state index contributed by atoms with van der Waals surface area (Å²) < 4.78 is 37.5. The molecule has 2 N–H and O–H groups in total. The highest BCUT2D eigenvalue weighted by Crippen LogP contribution is 2.38. The van der Waals surface area contributed by atoms with Gasteiger partial charge in [0.25, 0.3) is 0 Å². The van der Waals surface area contributed by atoms with Gasteiger partial charge < -0.3 is 15.3 Å². The Morgan fingerprint density at radius 1 is 1.42 bits per heavy atom. The number of hydrogen-bond acceptors (Lipinski definition) is 3. The van der Waals surface area contributed by atoms with E-state index in [0.29, 0.717) is 10.6 Å². The molecule has 3 atom stereocenters. The van der Waals surface area contributed by atoms with Crippen molar-refractivity contribution in [2.45, 2.75) is 31.1 Å². The van der Waals surface area contributed by atoms with Crippen molar-refractivity contribution in [1.29, 1.82) is 0 Å². The van der Waals surface area contributed by atoms with Crippen molar-refractivity contribution in [1.82, 2.24) is 10.2 Å². The van der Waals surface area contributed by atoms with Gasteiger partial charge in [-0.1, -0.05) is 23.7 Å². The summed E-state index contributed by atoms with van der Waals surface area (Å²) in [5.74, 6) is -4.13. The molecule has 1 aromatic rings. The quantitative estimate of drug-likeness (QED) is 0.805. The Balaban J connectivity index is 2.25. The Kier molecular flexibility index (Phi) is 5.80. The molecule has 1 aliphatic rings. The first-order chi connectivity index (χ1) is 12.0. The molecule has 1 heterocycles. The molecular formula is C16H16ClF3N2O4. The Hall–Kier alpha value is -2.29. The lowest BCUT2D eigenvalue weighted by atomic mass is 9.92. The van der Waals surface area contributed by atoms with Crippen LogP contribution in [0.1, 0.15) is 24.4 Å². The maximum absolute atomic E-state index is 12.5. The minimum atomic E-state index is -4.76. The van der Waals surface area contributed by atoms with Gasteiger partial charge in [0.2, 0.25) is 11.8 Å². The minimum absolute atomic E-state index is 0.238. The van der Waals surface area contributed by atoms with Gasteiger partial charge in [0, 0.05) is 18.5 Å². The number of nitrogens with zero attached hydrogens (tertiary/aromatic N) is 1. The number of hydrogen-bond donors (Lipinski definition) is 2. The molecule has 0 bridgehead atoms. The standard InChI is InChI=1S/C16H16ClF3N2O4/c1-22-12(23)6-10(13(22)8-3-2-4-9(17)5-8)14(24)21-11(15(25)26)7-16(18,19)20/h2-5,10-11,13H,6-7H2,1H3,(H,21,24)(H,25,26). The molecular weight excluding hydrogens is 377 g/mol. The monoisotopic (exact) mass is 392 g/mol. The second-order valence-corrected chi connectivity index (χ2v) is 6.47. The van der Waals surface area contributed by atoms with Crippen molar-refractivity contribution in [3.05, 3.63) is 34.9 Å². The van der Waals surface area contributed by atoms with Gasteiger partial charge in [-0.05, 0) is 17.7 Å². The molecule has 0 saturated carbocycles. The number of alkyl halides is 3. The first kappa shape index (κ1) is 20.0. The third-order valence-electron chi connectivity index (χ3n) is 4.16. The molecule has 3 unspecified atom stereocenters. The summed E-state index contributed by atoms with van der Waals surface area (Å²) in [7, 11) is 1.46. The summed E-state index contributed by atoms with van der Waals surface area (Å²) in [6.45, 7) is 0. The fourth-order valence-electron chi connectivity index (χ4n) is 2.96. The first-order valence-corrected chi connectivity index (χ1v) is 7.98. The topological polar surface area (TPSA) is 86.7 Å². The molecule has 0 spiro atoms. The van der Waals surface area contributed by atoms with E-state index in [2.05, 4.69) is 0 Å². The van der Waals surface area contributed by atoms with Gasteiger partial charge in [-0.15, -0.1) is 0 Å². The molecule has 1 fully saturated rings. The fourth-order valence-corrected chi connectivity index (χ4v) is 3.16. The van der Waals surface area contributed by atoms with Gasteiger partial charge in [0.1, 0.15) is 6.04 Å². The van der Waals surface area contributed by atoms with E-state index in [-0.39, 0.29) is 12.3 Å². The van der Waals surface area contributed by atoms with Crippen molar-refractivity contribution >= 4 is 29.4 Å². The number of carboxylic acid groups (broad SMARTS) is 1. The summed E-state index contributed by atoms with van der Waals surface area (Å²) in [6.07, 6.45) is -6.70. The number of aliphatic carboxylic acids is 1. The van der Waals surface area contributed by atoms with Crippen molar-refractivity contribution in [3.8, 4) is 0 Å². The number of rotatable bonds is 5. The SMILES string of the molecule is CN1C(=O)CC(C(=O)NC(CC(F)(F)F)C(=O)O)C1c1cccc(Cl)c1. The summed E-state index contributed by atoms with van der Waals surface area (Å²) in [4.78, 5) is 36.8. The molecule has 10 heteroatoms. The van der Waals surface area contributed by atoms with Gasteiger partial charge in [-0.3, -0.25) is 9.59 Å². The van der Waals surface area contributed by atoms with Crippen LogP contribution in [0, 0.1) is 5.92 Å². The van der Waals surface area contributed by atoms with Crippen LogP contribution in [0.4, 0.5) is 13.2 Å². The van der Waals surface area contributed by atoms with Crippen LogP contribution in [-0.2, 0) is 14.4 Å². The summed E-state index contributed by atoms with van der Waals surface area (Å²) in [5.41, 5.74) is 0.536. The number of nitrogens with one attached hydrogen (secondary N) is 1. The Bertz CT molecular complexity index is 726. The molecule has 2 rings (SSSR count). The molecule has 0 aromatic heterocycles. The van der Waals surface area contributed by atoms with Crippen LogP contribution in [-0.4, -0.2) is 47.1 Å². The van der Waals surface area contributed by atoms with E-state index in [9.17, 15) is 27.6 Å². The normalized spacial score (nSPS) is 21.6. The molecule has 1 aromatic carbocycles. The van der Waals surface area contributed by atoms with E-state index in [4.69, 9.17) is 16.7 Å². The lowest BCUT2D eigenvalue weighted by molar-refractivity contribution is -0.160. The number of carbonyl (C=O) groups excluding carboxylic acids is 2. The van der Waals surface area contributed by atoms with E-state index in [1.54, 1.807) is 24.3 Å². The maximum Gasteiger partial charge on any atom is 0.391 e. The summed E-state index contributed by atoms with van der Waals surface area (Å²) >= 11 is 5.93. The zero-order chi connectivity index (χ0) is 19.6. The second kappa shape index (κ2) is 7.53. The molecule has 6 nitrogen and oxygen atoms in total. The molecule has 1 aliphatic heterocycles. The molecule has 0 radical (unpaired) electrons. The van der Waals surface area contributed by atoms with E-state index in [1.165, 1.54) is 11.9 Å². The molecule has 1 saturated heterocycles. The van der Waals surface area contributed by atoms with Crippen molar-refractivity contribution in [3.63, 3.8) is 0 Å². The van der Waals surface area contributed by atoms with Gasteiger partial charge in [0.15, 0.2) is 0 Å². The van der Waals surface area contributed by atoms with Crippen LogP contribution in [0.2, 0.25) is 5.02 Å². The van der Waals surface area contributed by atoms with Crippen LogP contribution in [0.3, 0.4) is 0 Å². The third kappa shape index (κ3) is 4.66. The van der Waals surface area contributed by atoms with Crippen LogP contribution >= 0.6 is 11.6 Å². The number of carbonyl (C=O) groups is 3. The Morgan fingerprint density at radius 3 is 2.62 bits per heavy atom. The average Bonchev–Trinajstić information content (AvgIpc) is 2.81. The summed E-state index contributed by atoms with van der Waals surface area (Å²) in [6, 6.07) is 3.53. The largest absolute Gasteiger partial charge is 0.480 e. The zero-order valence-electron chi connectivity index (χ0n) is 13.6. The second-order valence-electron chi connectivity index (χ2n) is 6.03.